The molecule has 0 radical (unpaired) electrons. The number of carbonyl (C=O) groups is 3. The predicted molar refractivity (Wildman–Crippen MR) is 101 cm³/mol. The van der Waals surface area contributed by atoms with E-state index in [0.717, 1.165) is 21.4 Å². The van der Waals surface area contributed by atoms with E-state index in [2.05, 4.69) is 0 Å². The summed E-state index contributed by atoms with van der Waals surface area (Å²) in [6, 6.07) is 4.66. The van der Waals surface area contributed by atoms with Gasteiger partial charge in [0, 0.05) is 37.0 Å². The molecule has 8 heteroatoms. The third-order valence-electron chi connectivity index (χ3n) is 4.83. The Bertz CT molecular complexity index is 1010. The Balaban J connectivity index is 1.59. The first-order chi connectivity index (χ1) is 13.3. The average Bonchev–Trinajstić information content (AvgIpc) is 2.87. The number of likely N-dealkylation sites (N-methyl/N-ethyl adjacent to an activating group) is 1. The fourth-order valence-electron chi connectivity index (χ4n) is 3.10. The summed E-state index contributed by atoms with van der Waals surface area (Å²) < 4.78 is 10.5. The smallest absolute Gasteiger partial charge is 0.336 e. The first-order valence-electron chi connectivity index (χ1n) is 9.01. The summed E-state index contributed by atoms with van der Waals surface area (Å²) in [5.74, 6) is -0.730. The number of imide groups is 1. The lowest BCUT2D eigenvalue weighted by Crippen LogP contribution is -2.32. The molecule has 0 spiro atoms. The molecule has 3 rings (SSSR count). The van der Waals surface area contributed by atoms with Gasteiger partial charge in [0.15, 0.2) is 0 Å². The van der Waals surface area contributed by atoms with Crippen LogP contribution in [0.1, 0.15) is 29.5 Å². The maximum atomic E-state index is 12.0. The maximum absolute atomic E-state index is 12.0. The van der Waals surface area contributed by atoms with E-state index in [0.29, 0.717) is 17.6 Å². The molecule has 1 aromatic heterocycles. The molecule has 1 aliphatic rings. The maximum Gasteiger partial charge on any atom is 0.336 e. The molecule has 2 aromatic rings. The summed E-state index contributed by atoms with van der Waals surface area (Å²) >= 11 is 0. The zero-order chi connectivity index (χ0) is 20.4. The second-order valence-corrected chi connectivity index (χ2v) is 6.97. The SMILES string of the molecule is Cc1cc2oc(=O)cc(COC(=O)CCCN3C(=O)CN(C)C3=O)c2cc1C. The topological polar surface area (TPSA) is 97.1 Å². The van der Waals surface area contributed by atoms with E-state index in [1.54, 1.807) is 13.1 Å². The Hall–Kier alpha value is -3.16. The Kier molecular flexibility index (Phi) is 5.48. The summed E-state index contributed by atoms with van der Waals surface area (Å²) in [6.45, 7) is 4.07. The number of urea groups is 1. The summed E-state index contributed by atoms with van der Waals surface area (Å²) in [4.78, 5) is 49.8. The van der Waals surface area contributed by atoms with Crippen LogP contribution in [0, 0.1) is 13.8 Å². The second-order valence-electron chi connectivity index (χ2n) is 6.97. The lowest BCUT2D eigenvalue weighted by Gasteiger charge is -2.13. The molecule has 8 nitrogen and oxygen atoms in total. The van der Waals surface area contributed by atoms with E-state index in [1.807, 2.05) is 19.9 Å². The Morgan fingerprint density at radius 1 is 1.14 bits per heavy atom. The molecule has 0 saturated carbocycles. The van der Waals surface area contributed by atoms with Crippen LogP contribution in [-0.2, 0) is 20.9 Å². The molecule has 0 N–H and O–H groups in total. The van der Waals surface area contributed by atoms with Gasteiger partial charge in [0.2, 0.25) is 5.91 Å². The van der Waals surface area contributed by atoms with Crippen LogP contribution < -0.4 is 5.63 Å². The molecule has 1 aromatic carbocycles. The van der Waals surface area contributed by atoms with Gasteiger partial charge in [-0.1, -0.05) is 0 Å². The number of ether oxygens (including phenoxy) is 1. The number of esters is 1. The van der Waals surface area contributed by atoms with Crippen LogP contribution in [0.4, 0.5) is 4.79 Å². The van der Waals surface area contributed by atoms with Crippen LogP contribution in [0.15, 0.2) is 27.4 Å². The quantitative estimate of drug-likeness (QED) is 0.429. The molecule has 148 valence electrons. The van der Waals surface area contributed by atoms with Crippen LogP contribution in [-0.4, -0.2) is 47.8 Å². The minimum Gasteiger partial charge on any atom is -0.461 e. The van der Waals surface area contributed by atoms with E-state index in [-0.39, 0.29) is 38.1 Å². The molecule has 2 heterocycles. The number of hydrogen-bond donors (Lipinski definition) is 0. The number of hydrogen-bond acceptors (Lipinski definition) is 6. The second kappa shape index (κ2) is 7.84. The average molecular weight is 386 g/mol. The lowest BCUT2D eigenvalue weighted by atomic mass is 10.0. The molecular weight excluding hydrogens is 364 g/mol. The lowest BCUT2D eigenvalue weighted by molar-refractivity contribution is -0.145. The van der Waals surface area contributed by atoms with Gasteiger partial charge in [-0.25, -0.2) is 9.59 Å². The predicted octanol–water partition coefficient (Wildman–Crippen LogP) is 2.13. The molecule has 28 heavy (non-hydrogen) atoms. The minimum atomic E-state index is -0.503. The largest absolute Gasteiger partial charge is 0.461 e. The van der Waals surface area contributed by atoms with Crippen LogP contribution in [0.25, 0.3) is 11.0 Å². The van der Waals surface area contributed by atoms with Gasteiger partial charge < -0.3 is 14.1 Å². The monoisotopic (exact) mass is 386 g/mol. The zero-order valence-corrected chi connectivity index (χ0v) is 16.1. The fraction of sp³-hybridized carbons (Fsp3) is 0.400. The van der Waals surface area contributed by atoms with Crippen molar-refractivity contribution in [1.82, 2.24) is 9.80 Å². The molecule has 1 aliphatic heterocycles. The minimum absolute atomic E-state index is 0.0479. The number of amides is 3. The van der Waals surface area contributed by atoms with Crippen LogP contribution >= 0.6 is 0 Å². The summed E-state index contributed by atoms with van der Waals surface area (Å²) in [5, 5.41) is 0.729. The van der Waals surface area contributed by atoms with E-state index >= 15 is 0 Å². The molecule has 0 unspecified atom stereocenters. The number of carbonyl (C=O) groups excluding carboxylic acids is 3. The van der Waals surface area contributed by atoms with Gasteiger partial charge in [-0.05, 0) is 43.5 Å². The first kappa shape index (κ1) is 19.6. The van der Waals surface area contributed by atoms with E-state index in [4.69, 9.17) is 9.15 Å². The highest BCUT2D eigenvalue weighted by atomic mass is 16.5. The van der Waals surface area contributed by atoms with Crippen molar-refractivity contribution in [3.05, 3.63) is 45.3 Å². The molecule has 0 bridgehead atoms. The van der Waals surface area contributed by atoms with Crippen molar-refractivity contribution in [1.29, 1.82) is 0 Å². The molecule has 3 amide bonds. The number of benzene rings is 1. The summed E-state index contributed by atoms with van der Waals surface area (Å²) in [7, 11) is 1.55. The fourth-order valence-corrected chi connectivity index (χ4v) is 3.10. The molecule has 0 atom stereocenters. The Morgan fingerprint density at radius 2 is 1.86 bits per heavy atom. The third kappa shape index (κ3) is 4.05. The highest BCUT2D eigenvalue weighted by molar-refractivity contribution is 6.01. The highest BCUT2D eigenvalue weighted by Gasteiger charge is 2.32. The van der Waals surface area contributed by atoms with Crippen LogP contribution in [0.2, 0.25) is 0 Å². The van der Waals surface area contributed by atoms with E-state index in [9.17, 15) is 19.2 Å². The molecule has 1 saturated heterocycles. The van der Waals surface area contributed by atoms with Crippen molar-refractivity contribution in [2.75, 3.05) is 20.1 Å². The standard InChI is InChI=1S/C20H22N2O6/c1-12-7-15-14(9-19(25)28-16(15)8-13(12)2)11-27-18(24)5-4-6-22-17(23)10-21(3)20(22)26/h7-9H,4-6,10-11H2,1-3H3. The van der Waals surface area contributed by atoms with Crippen molar-refractivity contribution in [2.45, 2.75) is 33.3 Å². The van der Waals surface area contributed by atoms with Crippen LogP contribution in [0.5, 0.6) is 0 Å². The van der Waals surface area contributed by atoms with E-state index in [1.165, 1.54) is 11.0 Å². The van der Waals surface area contributed by atoms with Gasteiger partial charge in [-0.3, -0.25) is 14.5 Å². The Labute approximate surface area is 161 Å². The molecular formula is C20H22N2O6. The van der Waals surface area contributed by atoms with Crippen LogP contribution in [0.3, 0.4) is 0 Å². The van der Waals surface area contributed by atoms with Gasteiger partial charge in [0.1, 0.15) is 18.7 Å². The normalized spacial score (nSPS) is 14.2. The van der Waals surface area contributed by atoms with Crippen molar-refractivity contribution in [2.24, 2.45) is 0 Å². The van der Waals surface area contributed by atoms with Gasteiger partial charge >= 0.3 is 17.6 Å². The number of nitrogens with zero attached hydrogens (tertiary/aromatic N) is 2. The third-order valence-corrected chi connectivity index (χ3v) is 4.83. The van der Waals surface area contributed by atoms with Crippen molar-refractivity contribution < 1.29 is 23.5 Å². The highest BCUT2D eigenvalue weighted by Crippen LogP contribution is 2.22. The van der Waals surface area contributed by atoms with Crippen molar-refractivity contribution in [3.8, 4) is 0 Å². The molecule has 0 aliphatic carbocycles. The van der Waals surface area contributed by atoms with Gasteiger partial charge in [0.25, 0.3) is 0 Å². The number of aryl methyl sites for hydroxylation is 2. The molecule has 1 fully saturated rings. The Morgan fingerprint density at radius 3 is 2.54 bits per heavy atom. The zero-order valence-electron chi connectivity index (χ0n) is 16.1. The first-order valence-corrected chi connectivity index (χ1v) is 9.01. The van der Waals surface area contributed by atoms with Gasteiger partial charge in [-0.15, -0.1) is 0 Å². The number of fused-ring (bicyclic) bond motifs is 1. The van der Waals surface area contributed by atoms with Gasteiger partial charge in [0.05, 0.1) is 0 Å². The summed E-state index contributed by atoms with van der Waals surface area (Å²) in [5.41, 5.74) is 2.57. The number of rotatable bonds is 6. The van der Waals surface area contributed by atoms with Gasteiger partial charge in [-0.2, -0.15) is 0 Å². The van der Waals surface area contributed by atoms with Crippen molar-refractivity contribution in [3.63, 3.8) is 0 Å². The van der Waals surface area contributed by atoms with E-state index < -0.39 is 11.6 Å². The van der Waals surface area contributed by atoms with Crippen molar-refractivity contribution >= 4 is 28.9 Å². The summed E-state index contributed by atoms with van der Waals surface area (Å²) in [6.07, 6.45) is 0.387.